The molecule has 0 atom stereocenters. The SMILES string of the molecule is Cc1ccc([N+](=O)[O-])cc1/N=N/c1c(O)c(C(=O)Nc2cc(C(=O)O)cc(C(=O)O)c2)cc2ccccc12. The summed E-state index contributed by atoms with van der Waals surface area (Å²) < 4.78 is 0. The van der Waals surface area contributed by atoms with Gasteiger partial charge in [-0.25, -0.2) is 9.59 Å². The molecule has 0 fully saturated rings. The third-order valence-corrected chi connectivity index (χ3v) is 5.59. The number of nitro benzene ring substituents is 1. The van der Waals surface area contributed by atoms with Gasteiger partial charge in [0, 0.05) is 23.2 Å². The van der Waals surface area contributed by atoms with Crippen molar-refractivity contribution in [1.29, 1.82) is 0 Å². The molecule has 12 nitrogen and oxygen atoms in total. The van der Waals surface area contributed by atoms with E-state index in [0.29, 0.717) is 16.3 Å². The Kier molecular flexibility index (Phi) is 6.79. The standard InChI is InChI=1S/C26H18N4O8/c1-13-6-7-18(30(37)38)12-21(13)28-29-22-19-5-3-2-4-14(19)11-20(23(22)31)24(32)27-17-9-15(25(33)34)8-16(10-17)26(35)36/h2-12,31H,1H3,(H,27,32)(H,33,34)(H,35,36)/b29-28+. The summed E-state index contributed by atoms with van der Waals surface area (Å²) in [6.07, 6.45) is 0. The number of aromatic carboxylic acids is 2. The molecule has 0 unspecified atom stereocenters. The molecule has 4 N–H and O–H groups in total. The van der Waals surface area contributed by atoms with Gasteiger partial charge in [-0.2, -0.15) is 0 Å². The molecule has 38 heavy (non-hydrogen) atoms. The van der Waals surface area contributed by atoms with Crippen molar-refractivity contribution in [1.82, 2.24) is 0 Å². The summed E-state index contributed by atoms with van der Waals surface area (Å²) >= 11 is 0. The topological polar surface area (TPSA) is 192 Å². The second-order valence-corrected chi connectivity index (χ2v) is 8.13. The number of fused-ring (bicyclic) bond motifs is 1. The van der Waals surface area contributed by atoms with Crippen LogP contribution in [0.25, 0.3) is 10.8 Å². The average Bonchev–Trinajstić information content (AvgIpc) is 2.88. The molecule has 0 saturated heterocycles. The monoisotopic (exact) mass is 514 g/mol. The number of anilines is 1. The number of aromatic hydroxyl groups is 1. The normalized spacial score (nSPS) is 11.0. The second-order valence-electron chi connectivity index (χ2n) is 8.13. The molecule has 0 aliphatic carbocycles. The van der Waals surface area contributed by atoms with Gasteiger partial charge >= 0.3 is 11.9 Å². The van der Waals surface area contributed by atoms with E-state index in [1.807, 2.05) is 0 Å². The number of hydrogen-bond donors (Lipinski definition) is 4. The molecule has 12 heteroatoms. The number of rotatable bonds is 7. The van der Waals surface area contributed by atoms with Crippen LogP contribution in [0, 0.1) is 17.0 Å². The Bertz CT molecular complexity index is 1650. The number of phenolic OH excluding ortho intramolecular Hbond substituents is 1. The summed E-state index contributed by atoms with van der Waals surface area (Å²) in [7, 11) is 0. The smallest absolute Gasteiger partial charge is 0.335 e. The molecule has 0 radical (unpaired) electrons. The van der Waals surface area contributed by atoms with Crippen LogP contribution in [0.1, 0.15) is 36.6 Å². The van der Waals surface area contributed by atoms with Gasteiger partial charge in [0.2, 0.25) is 0 Å². The van der Waals surface area contributed by atoms with Crippen molar-refractivity contribution in [3.8, 4) is 5.75 Å². The van der Waals surface area contributed by atoms with Crippen molar-refractivity contribution in [2.75, 3.05) is 5.32 Å². The van der Waals surface area contributed by atoms with Gasteiger partial charge in [0.25, 0.3) is 11.6 Å². The highest BCUT2D eigenvalue weighted by Gasteiger charge is 2.20. The minimum absolute atomic E-state index is 0.0790. The van der Waals surface area contributed by atoms with Crippen molar-refractivity contribution in [3.05, 3.63) is 99.1 Å². The number of carboxylic acids is 2. The predicted molar refractivity (Wildman–Crippen MR) is 136 cm³/mol. The number of amides is 1. The van der Waals surface area contributed by atoms with Gasteiger partial charge < -0.3 is 20.6 Å². The zero-order chi connectivity index (χ0) is 27.6. The molecule has 4 aromatic carbocycles. The van der Waals surface area contributed by atoms with Gasteiger partial charge in [-0.3, -0.25) is 14.9 Å². The Morgan fingerprint density at radius 1 is 0.895 bits per heavy atom. The molecule has 0 aliphatic heterocycles. The maximum Gasteiger partial charge on any atom is 0.335 e. The first-order valence-electron chi connectivity index (χ1n) is 10.9. The van der Waals surface area contributed by atoms with Gasteiger partial charge in [0.15, 0.2) is 5.75 Å². The van der Waals surface area contributed by atoms with Crippen LogP contribution in [0.15, 0.2) is 77.0 Å². The molecular weight excluding hydrogens is 496 g/mol. The van der Waals surface area contributed by atoms with E-state index in [1.165, 1.54) is 24.3 Å². The molecule has 0 spiro atoms. The minimum Gasteiger partial charge on any atom is -0.505 e. The number of non-ortho nitro benzene ring substituents is 1. The van der Waals surface area contributed by atoms with Gasteiger partial charge in [-0.1, -0.05) is 30.3 Å². The third-order valence-electron chi connectivity index (χ3n) is 5.59. The highest BCUT2D eigenvalue weighted by molar-refractivity contribution is 6.12. The molecule has 190 valence electrons. The van der Waals surface area contributed by atoms with Gasteiger partial charge in [0.1, 0.15) is 5.69 Å². The second kappa shape index (κ2) is 10.1. The zero-order valence-corrected chi connectivity index (χ0v) is 19.6. The summed E-state index contributed by atoms with van der Waals surface area (Å²) in [5, 5.41) is 52.2. The molecule has 0 heterocycles. The van der Waals surface area contributed by atoms with Crippen LogP contribution in [0.4, 0.5) is 22.7 Å². The number of nitrogens with zero attached hydrogens (tertiary/aromatic N) is 3. The third kappa shape index (κ3) is 5.14. The fraction of sp³-hybridized carbons (Fsp3) is 0.0385. The lowest BCUT2D eigenvalue weighted by Gasteiger charge is -2.12. The van der Waals surface area contributed by atoms with Crippen LogP contribution in [-0.4, -0.2) is 38.1 Å². The lowest BCUT2D eigenvalue weighted by Crippen LogP contribution is -2.14. The number of phenols is 1. The van der Waals surface area contributed by atoms with Crippen molar-refractivity contribution in [2.24, 2.45) is 10.2 Å². The number of carbonyl (C=O) groups excluding carboxylic acids is 1. The number of nitrogens with one attached hydrogen (secondary N) is 1. The molecular formula is C26H18N4O8. The highest BCUT2D eigenvalue weighted by atomic mass is 16.6. The summed E-state index contributed by atoms with van der Waals surface area (Å²) in [5.41, 5.74) is -0.578. The van der Waals surface area contributed by atoms with E-state index in [4.69, 9.17) is 0 Å². The van der Waals surface area contributed by atoms with Crippen LogP contribution >= 0.6 is 0 Å². The molecule has 0 aliphatic rings. The number of carboxylic acid groups (broad SMARTS) is 2. The Balaban J connectivity index is 1.79. The molecule has 1 amide bonds. The van der Waals surface area contributed by atoms with E-state index in [-0.39, 0.29) is 39.4 Å². The van der Waals surface area contributed by atoms with E-state index in [0.717, 1.165) is 18.2 Å². The first-order valence-corrected chi connectivity index (χ1v) is 10.9. The van der Waals surface area contributed by atoms with Crippen LogP contribution < -0.4 is 5.32 Å². The Morgan fingerprint density at radius 3 is 2.18 bits per heavy atom. The van der Waals surface area contributed by atoms with E-state index >= 15 is 0 Å². The predicted octanol–water partition coefficient (Wildman–Crippen LogP) is 5.83. The first-order chi connectivity index (χ1) is 18.0. The molecule has 0 saturated carbocycles. The van der Waals surface area contributed by atoms with Crippen molar-refractivity contribution >= 4 is 51.4 Å². The van der Waals surface area contributed by atoms with Gasteiger partial charge in [-0.15, -0.1) is 10.2 Å². The maximum absolute atomic E-state index is 13.1. The summed E-state index contributed by atoms with van der Waals surface area (Å²) in [6, 6.07) is 15.2. The highest BCUT2D eigenvalue weighted by Crippen LogP contribution is 2.40. The van der Waals surface area contributed by atoms with E-state index in [1.54, 1.807) is 31.2 Å². The number of benzene rings is 4. The molecule has 0 bridgehead atoms. The quantitative estimate of drug-likeness (QED) is 0.134. The average molecular weight is 514 g/mol. The van der Waals surface area contributed by atoms with Crippen LogP contribution in [0.5, 0.6) is 5.75 Å². The number of aryl methyl sites for hydroxylation is 1. The van der Waals surface area contributed by atoms with Crippen LogP contribution in [0.2, 0.25) is 0 Å². The van der Waals surface area contributed by atoms with Crippen LogP contribution in [-0.2, 0) is 0 Å². The molecule has 4 aromatic rings. The van der Waals surface area contributed by atoms with Crippen LogP contribution in [0.3, 0.4) is 0 Å². The molecule has 4 rings (SSSR count). The lowest BCUT2D eigenvalue weighted by atomic mass is 10.0. The summed E-state index contributed by atoms with van der Waals surface area (Å²) in [6.45, 7) is 1.68. The fourth-order valence-corrected chi connectivity index (χ4v) is 3.66. The number of nitro groups is 1. The minimum atomic E-state index is -1.39. The van der Waals surface area contributed by atoms with Crippen molar-refractivity contribution in [3.63, 3.8) is 0 Å². The summed E-state index contributed by atoms with van der Waals surface area (Å²) in [4.78, 5) is 46.5. The number of azo groups is 1. The maximum atomic E-state index is 13.1. The van der Waals surface area contributed by atoms with E-state index < -0.39 is 28.5 Å². The van der Waals surface area contributed by atoms with Gasteiger partial charge in [-0.05, 0) is 42.1 Å². The van der Waals surface area contributed by atoms with E-state index in [2.05, 4.69) is 15.5 Å². The largest absolute Gasteiger partial charge is 0.505 e. The Labute approximate surface area is 213 Å². The zero-order valence-electron chi connectivity index (χ0n) is 19.6. The Morgan fingerprint density at radius 2 is 1.55 bits per heavy atom. The summed E-state index contributed by atoms with van der Waals surface area (Å²) in [5.74, 6) is -4.21. The van der Waals surface area contributed by atoms with Gasteiger partial charge in [0.05, 0.1) is 27.3 Å². The van der Waals surface area contributed by atoms with Crippen molar-refractivity contribution in [2.45, 2.75) is 6.92 Å². The Hall–Kier alpha value is -5.65. The number of carbonyl (C=O) groups is 3. The first kappa shape index (κ1) is 25.4. The van der Waals surface area contributed by atoms with Crippen molar-refractivity contribution < 1.29 is 34.6 Å². The lowest BCUT2D eigenvalue weighted by molar-refractivity contribution is -0.384. The fourth-order valence-electron chi connectivity index (χ4n) is 3.66. The number of hydrogen-bond acceptors (Lipinski definition) is 8. The van der Waals surface area contributed by atoms with E-state index in [9.17, 15) is 39.8 Å². The molecule has 0 aromatic heterocycles.